The predicted molar refractivity (Wildman–Crippen MR) is 217 cm³/mol. The molecule has 0 saturated carbocycles. The van der Waals surface area contributed by atoms with Crippen LogP contribution in [-0.4, -0.2) is 20.7 Å². The lowest BCUT2D eigenvalue weighted by atomic mass is 9.90. The summed E-state index contributed by atoms with van der Waals surface area (Å²) in [5.41, 5.74) is 15.6. The largest absolute Gasteiger partial charge is 0.256 e. The van der Waals surface area contributed by atoms with Crippen LogP contribution in [0.5, 0.6) is 0 Å². The lowest BCUT2D eigenvalue weighted by Crippen LogP contribution is -1.97. The van der Waals surface area contributed by atoms with Gasteiger partial charge in [0, 0.05) is 57.2 Å². The van der Waals surface area contributed by atoms with E-state index < -0.39 is 0 Å². The van der Waals surface area contributed by atoms with E-state index in [-0.39, 0.29) is 0 Å². The van der Waals surface area contributed by atoms with Gasteiger partial charge in [0.1, 0.15) is 0 Å². The van der Waals surface area contributed by atoms with Crippen LogP contribution in [0, 0.1) is 6.92 Å². The Kier molecular flexibility index (Phi) is 7.90. The van der Waals surface area contributed by atoms with Gasteiger partial charge < -0.3 is 0 Å². The number of para-hydroxylation sites is 4. The van der Waals surface area contributed by atoms with E-state index in [1.165, 1.54) is 0 Å². The predicted octanol–water partition coefficient (Wildman–Crippen LogP) is 12.4. The van der Waals surface area contributed by atoms with E-state index in [0.29, 0.717) is 0 Å². The lowest BCUT2D eigenvalue weighted by molar-refractivity contribution is 1.38. The van der Waals surface area contributed by atoms with Crippen molar-refractivity contribution in [2.45, 2.75) is 13.8 Å². The minimum Gasteiger partial charge on any atom is -0.256 e. The van der Waals surface area contributed by atoms with Crippen LogP contribution < -0.4 is 0 Å². The van der Waals surface area contributed by atoms with E-state index in [9.17, 15) is 0 Å². The third-order valence-corrected chi connectivity index (χ3v) is 9.79. The van der Waals surface area contributed by atoms with E-state index in [0.717, 1.165) is 99.7 Å². The number of rotatable bonds is 6. The second-order valence-corrected chi connectivity index (χ2v) is 13.3. The molecule has 0 aliphatic carbocycles. The molecule has 9 aromatic rings. The van der Waals surface area contributed by atoms with Gasteiger partial charge in [0.2, 0.25) is 0 Å². The molecule has 4 heteroatoms. The third-order valence-electron chi connectivity index (χ3n) is 9.79. The molecule has 0 amide bonds. The molecule has 0 aliphatic rings. The fourth-order valence-corrected chi connectivity index (χ4v) is 6.92. The Balaban J connectivity index is 1.27. The van der Waals surface area contributed by atoms with Crippen molar-refractivity contribution in [3.8, 4) is 44.5 Å². The highest BCUT2D eigenvalue weighted by Crippen LogP contribution is 2.37. The van der Waals surface area contributed by atoms with E-state index in [1.54, 1.807) is 0 Å². The number of benzene rings is 6. The van der Waals surface area contributed by atoms with E-state index in [4.69, 9.17) is 19.9 Å². The first kappa shape index (κ1) is 31.2. The monoisotopic (exact) mass is 666 g/mol. The highest BCUT2D eigenvalue weighted by atomic mass is 14.7. The molecule has 9 rings (SSSR count). The average Bonchev–Trinajstić information content (AvgIpc) is 3.20. The molecular weight excluding hydrogens is 633 g/mol. The zero-order valence-corrected chi connectivity index (χ0v) is 29.0. The number of pyridine rings is 3. The molecule has 0 unspecified atom stereocenters. The van der Waals surface area contributed by atoms with E-state index >= 15 is 0 Å². The summed E-state index contributed by atoms with van der Waals surface area (Å²) in [5.74, 6) is 0. The molecule has 0 bridgehead atoms. The number of nitrogens with zero attached hydrogens (tertiary/aromatic N) is 4. The average molecular weight is 667 g/mol. The second kappa shape index (κ2) is 13.2. The molecule has 6 aromatic carbocycles. The maximum Gasteiger partial charge on any atom is 0.0702 e. The molecule has 4 nitrogen and oxygen atoms in total. The molecule has 0 atom stereocenters. The van der Waals surface area contributed by atoms with Crippen molar-refractivity contribution in [1.29, 1.82) is 0 Å². The molecule has 0 fully saturated rings. The quantitative estimate of drug-likeness (QED) is 0.166. The number of aryl methyl sites for hydroxylation is 1. The van der Waals surface area contributed by atoms with Crippen molar-refractivity contribution in [2.24, 2.45) is 4.99 Å². The fourth-order valence-electron chi connectivity index (χ4n) is 6.92. The van der Waals surface area contributed by atoms with Crippen LogP contribution in [0.4, 0.5) is 5.69 Å². The summed E-state index contributed by atoms with van der Waals surface area (Å²) >= 11 is 0. The van der Waals surface area contributed by atoms with Gasteiger partial charge in [-0.3, -0.25) is 19.9 Å². The van der Waals surface area contributed by atoms with Gasteiger partial charge in [0.05, 0.1) is 22.2 Å². The topological polar surface area (TPSA) is 51.0 Å². The number of aliphatic imine (C=N–C) groups is 1. The van der Waals surface area contributed by atoms with Gasteiger partial charge in [0.15, 0.2) is 0 Å². The van der Waals surface area contributed by atoms with Crippen molar-refractivity contribution in [3.05, 3.63) is 181 Å². The number of hydrogen-bond acceptors (Lipinski definition) is 4. The van der Waals surface area contributed by atoms with Gasteiger partial charge in [-0.2, -0.15) is 0 Å². The van der Waals surface area contributed by atoms with Crippen molar-refractivity contribution in [3.63, 3.8) is 0 Å². The Hall–Kier alpha value is -6.78. The Morgan fingerprint density at radius 1 is 0.404 bits per heavy atom. The summed E-state index contributed by atoms with van der Waals surface area (Å²) in [6, 6.07) is 53.3. The SMILES string of the molecule is CC(=Nc1ccccc1C)c1cc(-c2cc(-c3cnc4ccccc4c3)cc(-c3cnc4ccccc4c3)c2)cc(-c2cnc3ccccc3c2)c1. The molecule has 0 spiro atoms. The minimum atomic E-state index is 0.944. The van der Waals surface area contributed by atoms with E-state index in [1.807, 2.05) is 42.9 Å². The summed E-state index contributed by atoms with van der Waals surface area (Å²) in [7, 11) is 0. The zero-order valence-electron chi connectivity index (χ0n) is 29.0. The Morgan fingerprint density at radius 2 is 0.769 bits per heavy atom. The molecule has 3 heterocycles. The maximum atomic E-state index is 5.12. The zero-order chi connectivity index (χ0) is 35.0. The minimum absolute atomic E-state index is 0.944. The fraction of sp³-hybridized carbons (Fsp3) is 0.0417. The first-order valence-corrected chi connectivity index (χ1v) is 17.5. The van der Waals surface area contributed by atoms with Gasteiger partial charge >= 0.3 is 0 Å². The second-order valence-electron chi connectivity index (χ2n) is 13.3. The lowest BCUT2D eigenvalue weighted by Gasteiger charge is -2.15. The summed E-state index contributed by atoms with van der Waals surface area (Å²) in [6.07, 6.45) is 5.93. The van der Waals surface area contributed by atoms with Crippen LogP contribution in [0.3, 0.4) is 0 Å². The first-order chi connectivity index (χ1) is 25.5. The molecule has 0 radical (unpaired) electrons. The normalized spacial score (nSPS) is 11.8. The highest BCUT2D eigenvalue weighted by molar-refractivity contribution is 6.03. The molecular formula is C48H34N4. The summed E-state index contributed by atoms with van der Waals surface area (Å²) < 4.78 is 0. The van der Waals surface area contributed by atoms with Crippen LogP contribution in [0.2, 0.25) is 0 Å². The standard InChI is InChI=1S/C48H34N4/c1-31-11-3-7-15-45(31)52-32(2)36-22-37(24-39(23-36)42-19-33-12-4-8-16-46(33)49-28-42)38-25-40(43-20-34-13-5-9-17-47(34)50-29-43)27-41(26-38)44-21-35-14-6-10-18-48(35)51-30-44/h3-30H,1-2H3. The van der Waals surface area contributed by atoms with Crippen molar-refractivity contribution < 1.29 is 0 Å². The van der Waals surface area contributed by atoms with Gasteiger partial charge in [-0.05, 0) is 132 Å². The van der Waals surface area contributed by atoms with Gasteiger partial charge in [0.25, 0.3) is 0 Å². The van der Waals surface area contributed by atoms with E-state index in [2.05, 4.69) is 141 Å². The summed E-state index contributed by atoms with van der Waals surface area (Å²) in [5, 5.41) is 3.32. The van der Waals surface area contributed by atoms with Crippen LogP contribution in [-0.2, 0) is 0 Å². The van der Waals surface area contributed by atoms with Gasteiger partial charge in [-0.25, -0.2) is 0 Å². The van der Waals surface area contributed by atoms with Gasteiger partial charge in [-0.1, -0.05) is 72.8 Å². The number of fused-ring (bicyclic) bond motifs is 3. The van der Waals surface area contributed by atoms with Crippen LogP contribution in [0.15, 0.2) is 175 Å². The van der Waals surface area contributed by atoms with Crippen molar-refractivity contribution in [1.82, 2.24) is 15.0 Å². The molecule has 246 valence electrons. The molecule has 0 N–H and O–H groups in total. The maximum absolute atomic E-state index is 5.12. The van der Waals surface area contributed by atoms with Crippen molar-refractivity contribution >= 4 is 44.1 Å². The molecule has 3 aromatic heterocycles. The number of aromatic nitrogens is 3. The summed E-state index contributed by atoms with van der Waals surface area (Å²) in [6.45, 7) is 4.20. The van der Waals surface area contributed by atoms with Crippen LogP contribution in [0.1, 0.15) is 18.1 Å². The molecule has 0 aliphatic heterocycles. The number of hydrogen-bond donors (Lipinski definition) is 0. The highest BCUT2D eigenvalue weighted by Gasteiger charge is 2.14. The Bertz CT molecular complexity index is 2740. The Morgan fingerprint density at radius 3 is 1.23 bits per heavy atom. The van der Waals surface area contributed by atoms with Crippen LogP contribution in [0.25, 0.3) is 77.2 Å². The first-order valence-electron chi connectivity index (χ1n) is 17.5. The molecule has 52 heavy (non-hydrogen) atoms. The smallest absolute Gasteiger partial charge is 0.0702 e. The van der Waals surface area contributed by atoms with Crippen molar-refractivity contribution in [2.75, 3.05) is 0 Å². The van der Waals surface area contributed by atoms with Crippen LogP contribution >= 0.6 is 0 Å². The molecule has 0 saturated heterocycles. The van der Waals surface area contributed by atoms with Gasteiger partial charge in [-0.15, -0.1) is 0 Å². The Labute approximate surface area is 302 Å². The third kappa shape index (κ3) is 6.12. The summed E-state index contributed by atoms with van der Waals surface area (Å²) in [4.78, 5) is 19.6.